The number of hydrogen-bond acceptors (Lipinski definition) is 4. The number of ether oxygens (including phenoxy) is 1. The first-order valence-electron chi connectivity index (χ1n) is 3.18. The molecule has 0 saturated heterocycles. The Hall–Kier alpha value is -0.900. The molecule has 1 radical (unpaired) electrons. The lowest BCUT2D eigenvalue weighted by Crippen LogP contribution is -2.17. The summed E-state index contributed by atoms with van der Waals surface area (Å²) in [7, 11) is 1.24. The van der Waals surface area contributed by atoms with Crippen LogP contribution in [-0.2, 0) is 14.3 Å². The van der Waals surface area contributed by atoms with Crippen molar-refractivity contribution < 1.29 is 19.4 Å². The van der Waals surface area contributed by atoms with Gasteiger partial charge in [0.2, 0.25) is 0 Å². The van der Waals surface area contributed by atoms with Crippen LogP contribution in [0, 0.1) is 6.92 Å². The lowest BCUT2D eigenvalue weighted by atomic mass is 10.1. The van der Waals surface area contributed by atoms with Crippen molar-refractivity contribution in [1.29, 1.82) is 0 Å². The van der Waals surface area contributed by atoms with Gasteiger partial charge in [0.1, 0.15) is 6.10 Å². The summed E-state index contributed by atoms with van der Waals surface area (Å²) < 4.78 is 4.29. The molecule has 0 bridgehead atoms. The third-order valence-corrected chi connectivity index (χ3v) is 1.17. The zero-order valence-corrected chi connectivity index (χ0v) is 6.37. The normalized spacial score (nSPS) is 12.3. The highest BCUT2D eigenvalue weighted by molar-refractivity contribution is 5.86. The van der Waals surface area contributed by atoms with E-state index in [4.69, 9.17) is 5.11 Å². The Morgan fingerprint density at radius 3 is 2.45 bits per heavy atom. The molecular formula is C7H11O4. The first kappa shape index (κ1) is 10.1. The summed E-state index contributed by atoms with van der Waals surface area (Å²) >= 11 is 0. The van der Waals surface area contributed by atoms with E-state index in [1.807, 2.05) is 0 Å². The standard InChI is InChI=1S/C7H11O4/c1-5(8)6(9)3-4-7(10)11-2/h5,8H,1,3-4H2,2H3. The number of aliphatic hydroxyl groups is 1. The van der Waals surface area contributed by atoms with Gasteiger partial charge >= 0.3 is 5.97 Å². The molecule has 0 rings (SSSR count). The maximum atomic E-state index is 10.6. The molecular weight excluding hydrogens is 148 g/mol. The van der Waals surface area contributed by atoms with Gasteiger partial charge < -0.3 is 9.84 Å². The van der Waals surface area contributed by atoms with Gasteiger partial charge in [-0.25, -0.2) is 0 Å². The van der Waals surface area contributed by atoms with E-state index in [1.165, 1.54) is 7.11 Å². The van der Waals surface area contributed by atoms with Crippen molar-refractivity contribution in [3.8, 4) is 0 Å². The van der Waals surface area contributed by atoms with Crippen molar-refractivity contribution in [2.24, 2.45) is 0 Å². The maximum absolute atomic E-state index is 10.6. The fraction of sp³-hybridized carbons (Fsp3) is 0.571. The number of carbonyl (C=O) groups is 2. The van der Waals surface area contributed by atoms with E-state index in [0.29, 0.717) is 0 Å². The quantitative estimate of drug-likeness (QED) is 0.572. The highest BCUT2D eigenvalue weighted by atomic mass is 16.5. The van der Waals surface area contributed by atoms with Gasteiger partial charge in [0.15, 0.2) is 5.78 Å². The van der Waals surface area contributed by atoms with Crippen LogP contribution in [0.4, 0.5) is 0 Å². The number of ketones is 1. The summed E-state index contributed by atoms with van der Waals surface area (Å²) in [5, 5.41) is 8.59. The second kappa shape index (κ2) is 4.85. The average molecular weight is 159 g/mol. The van der Waals surface area contributed by atoms with Crippen molar-refractivity contribution in [2.75, 3.05) is 7.11 Å². The number of methoxy groups -OCH3 is 1. The van der Waals surface area contributed by atoms with Crippen LogP contribution in [0.2, 0.25) is 0 Å². The zero-order valence-electron chi connectivity index (χ0n) is 6.37. The molecule has 0 aliphatic rings. The van der Waals surface area contributed by atoms with Crippen molar-refractivity contribution in [3.05, 3.63) is 6.92 Å². The molecule has 4 heteroatoms. The Labute approximate surface area is 65.2 Å². The van der Waals surface area contributed by atoms with Gasteiger partial charge in [-0.05, 0) is 6.92 Å². The van der Waals surface area contributed by atoms with Crippen molar-refractivity contribution >= 4 is 11.8 Å². The summed E-state index contributed by atoms with van der Waals surface area (Å²) in [5.74, 6) is -0.908. The molecule has 1 atom stereocenters. The Morgan fingerprint density at radius 1 is 1.55 bits per heavy atom. The van der Waals surface area contributed by atoms with Gasteiger partial charge in [-0.15, -0.1) is 0 Å². The minimum absolute atomic E-state index is 0.00190. The van der Waals surface area contributed by atoms with Crippen LogP contribution in [-0.4, -0.2) is 30.1 Å². The molecule has 0 aromatic carbocycles. The third kappa shape index (κ3) is 4.50. The maximum Gasteiger partial charge on any atom is 0.305 e. The lowest BCUT2D eigenvalue weighted by molar-refractivity contribution is -0.142. The molecule has 0 amide bonds. The lowest BCUT2D eigenvalue weighted by Gasteiger charge is -2.01. The Balaban J connectivity index is 3.54. The first-order valence-corrected chi connectivity index (χ1v) is 3.18. The van der Waals surface area contributed by atoms with Crippen LogP contribution in [0.1, 0.15) is 12.8 Å². The second-order valence-corrected chi connectivity index (χ2v) is 2.06. The predicted octanol–water partition coefficient (Wildman–Crippen LogP) is -0.296. The number of carbonyl (C=O) groups excluding carboxylic acids is 2. The van der Waals surface area contributed by atoms with Crippen molar-refractivity contribution in [1.82, 2.24) is 0 Å². The summed E-state index contributed by atoms with van der Waals surface area (Å²) in [4.78, 5) is 21.1. The smallest absolute Gasteiger partial charge is 0.305 e. The van der Waals surface area contributed by atoms with E-state index in [-0.39, 0.29) is 12.8 Å². The number of esters is 1. The number of aliphatic hydroxyl groups excluding tert-OH is 1. The Kier molecular flexibility index (Phi) is 4.45. The molecule has 0 aliphatic heterocycles. The van der Waals surface area contributed by atoms with Crippen LogP contribution in [0.15, 0.2) is 0 Å². The molecule has 0 saturated carbocycles. The third-order valence-electron chi connectivity index (χ3n) is 1.17. The molecule has 0 fully saturated rings. The Bertz CT molecular complexity index is 151. The molecule has 0 aromatic rings. The van der Waals surface area contributed by atoms with E-state index in [9.17, 15) is 9.59 Å². The Morgan fingerprint density at radius 2 is 2.09 bits per heavy atom. The number of rotatable bonds is 4. The molecule has 1 N–H and O–H groups in total. The molecule has 0 aliphatic carbocycles. The number of Topliss-reactive ketones (excluding diaryl/α,β-unsaturated/α-hetero) is 1. The number of hydrogen-bond donors (Lipinski definition) is 1. The summed E-state index contributed by atoms with van der Waals surface area (Å²) in [6.45, 7) is 3.10. The SMILES string of the molecule is [CH2]C(O)C(=O)CCC(=O)OC. The van der Waals surface area contributed by atoms with Crippen LogP contribution >= 0.6 is 0 Å². The van der Waals surface area contributed by atoms with Gasteiger partial charge in [0.05, 0.1) is 13.5 Å². The topological polar surface area (TPSA) is 63.6 Å². The van der Waals surface area contributed by atoms with Crippen molar-refractivity contribution in [3.63, 3.8) is 0 Å². The molecule has 63 valence electrons. The van der Waals surface area contributed by atoms with Crippen LogP contribution in [0.25, 0.3) is 0 Å². The van der Waals surface area contributed by atoms with Gasteiger partial charge in [0, 0.05) is 6.42 Å². The average Bonchev–Trinajstić information content (AvgIpc) is 1.99. The fourth-order valence-corrected chi connectivity index (χ4v) is 0.494. The van der Waals surface area contributed by atoms with Gasteiger partial charge in [-0.2, -0.15) is 0 Å². The minimum Gasteiger partial charge on any atom is -0.469 e. The van der Waals surface area contributed by atoms with Crippen LogP contribution in [0.3, 0.4) is 0 Å². The van der Waals surface area contributed by atoms with E-state index >= 15 is 0 Å². The largest absolute Gasteiger partial charge is 0.469 e. The van der Waals surface area contributed by atoms with Crippen LogP contribution < -0.4 is 0 Å². The monoisotopic (exact) mass is 159 g/mol. The van der Waals surface area contributed by atoms with Gasteiger partial charge in [-0.1, -0.05) is 0 Å². The van der Waals surface area contributed by atoms with E-state index in [1.54, 1.807) is 0 Å². The summed E-state index contributed by atoms with van der Waals surface area (Å²) in [6.07, 6.45) is -1.25. The molecule has 0 heterocycles. The van der Waals surface area contributed by atoms with Crippen molar-refractivity contribution in [2.45, 2.75) is 18.9 Å². The molecule has 4 nitrogen and oxygen atoms in total. The molecule has 0 spiro atoms. The van der Waals surface area contributed by atoms with Gasteiger partial charge in [-0.3, -0.25) is 9.59 Å². The van der Waals surface area contributed by atoms with Gasteiger partial charge in [0.25, 0.3) is 0 Å². The summed E-state index contributed by atoms with van der Waals surface area (Å²) in [5.41, 5.74) is 0. The molecule has 11 heavy (non-hydrogen) atoms. The van der Waals surface area contributed by atoms with E-state index in [2.05, 4.69) is 11.7 Å². The predicted molar refractivity (Wildman–Crippen MR) is 37.6 cm³/mol. The molecule has 1 unspecified atom stereocenters. The minimum atomic E-state index is -1.24. The van der Waals surface area contributed by atoms with Crippen LogP contribution in [0.5, 0.6) is 0 Å². The second-order valence-electron chi connectivity index (χ2n) is 2.06. The van der Waals surface area contributed by atoms with E-state index in [0.717, 1.165) is 0 Å². The zero-order chi connectivity index (χ0) is 8.85. The highest BCUT2D eigenvalue weighted by Gasteiger charge is 2.11. The fourth-order valence-electron chi connectivity index (χ4n) is 0.494. The summed E-state index contributed by atoms with van der Waals surface area (Å²) in [6, 6.07) is 0. The first-order chi connectivity index (χ1) is 5.07. The highest BCUT2D eigenvalue weighted by Crippen LogP contribution is 1.96. The van der Waals surface area contributed by atoms with E-state index < -0.39 is 17.9 Å². The molecule has 0 aromatic heterocycles.